The molecular weight excluding hydrogens is 354 g/mol. The average molecular weight is 381 g/mol. The van der Waals surface area contributed by atoms with Crippen LogP contribution in [0.1, 0.15) is 30.8 Å². The van der Waals surface area contributed by atoms with Gasteiger partial charge in [-0.25, -0.2) is 9.97 Å². The van der Waals surface area contributed by atoms with E-state index >= 15 is 0 Å². The number of piperazine rings is 1. The minimum Gasteiger partial charge on any atom is -0.370 e. The molecule has 2 heterocycles. The maximum Gasteiger partial charge on any atom is 0.272 e. The summed E-state index contributed by atoms with van der Waals surface area (Å²) in [6.07, 6.45) is 1.85. The lowest BCUT2D eigenvalue weighted by atomic mass is 10.1. The number of carbonyl (C=O) groups is 2. The molecule has 3 rings (SSSR count). The Hall–Kier alpha value is -2.96. The molecule has 1 aliphatic heterocycles. The fraction of sp³-hybridized carbons (Fsp3) is 0.429. The summed E-state index contributed by atoms with van der Waals surface area (Å²) in [4.78, 5) is 36.5. The molecule has 7 heteroatoms. The standard InChI is InChI=1S/C21H27N5O2/c1-16(2)8-9-22-19-14-18(21(28)26-12-10-25(15-27)11-13-26)23-20(24-19)17-6-4-3-5-7-17/h3-7,14-16H,8-13H2,1-2H3,(H,22,23,24). The zero-order chi connectivity index (χ0) is 19.9. The number of nitrogens with zero attached hydrogens (tertiary/aromatic N) is 4. The van der Waals surface area contributed by atoms with Gasteiger partial charge < -0.3 is 15.1 Å². The van der Waals surface area contributed by atoms with Crippen molar-refractivity contribution in [2.24, 2.45) is 5.92 Å². The summed E-state index contributed by atoms with van der Waals surface area (Å²) in [7, 11) is 0. The lowest BCUT2D eigenvalue weighted by Crippen LogP contribution is -2.48. The molecule has 0 saturated carbocycles. The van der Waals surface area contributed by atoms with Crippen LogP contribution in [0.2, 0.25) is 0 Å². The molecule has 0 aliphatic carbocycles. The number of aromatic nitrogens is 2. The topological polar surface area (TPSA) is 78.4 Å². The normalized spacial score (nSPS) is 14.2. The Labute approximate surface area is 165 Å². The van der Waals surface area contributed by atoms with Crippen LogP contribution in [0.4, 0.5) is 5.82 Å². The molecule has 7 nitrogen and oxygen atoms in total. The number of benzene rings is 1. The second-order valence-corrected chi connectivity index (χ2v) is 7.37. The van der Waals surface area contributed by atoms with Gasteiger partial charge in [-0.2, -0.15) is 0 Å². The maximum absolute atomic E-state index is 13.0. The smallest absolute Gasteiger partial charge is 0.272 e. The van der Waals surface area contributed by atoms with E-state index in [1.165, 1.54) is 0 Å². The van der Waals surface area contributed by atoms with Gasteiger partial charge in [-0.1, -0.05) is 44.2 Å². The van der Waals surface area contributed by atoms with Crippen molar-refractivity contribution in [2.75, 3.05) is 38.0 Å². The summed E-state index contributed by atoms with van der Waals surface area (Å²) < 4.78 is 0. The van der Waals surface area contributed by atoms with Gasteiger partial charge in [0.25, 0.3) is 5.91 Å². The number of hydrogen-bond acceptors (Lipinski definition) is 5. The summed E-state index contributed by atoms with van der Waals surface area (Å²) in [5, 5.41) is 3.32. The lowest BCUT2D eigenvalue weighted by molar-refractivity contribution is -0.119. The van der Waals surface area contributed by atoms with Crippen LogP contribution in [0.25, 0.3) is 11.4 Å². The van der Waals surface area contributed by atoms with Crippen molar-refractivity contribution in [1.29, 1.82) is 0 Å². The molecule has 2 aromatic rings. The first kappa shape index (κ1) is 19.8. The first-order chi connectivity index (χ1) is 13.6. The average Bonchev–Trinajstić information content (AvgIpc) is 2.73. The maximum atomic E-state index is 13.0. The Morgan fingerprint density at radius 2 is 1.86 bits per heavy atom. The Kier molecular flexibility index (Phi) is 6.57. The largest absolute Gasteiger partial charge is 0.370 e. The predicted molar refractivity (Wildman–Crippen MR) is 109 cm³/mol. The quantitative estimate of drug-likeness (QED) is 0.746. The Morgan fingerprint density at radius 3 is 2.50 bits per heavy atom. The third-order valence-electron chi connectivity index (χ3n) is 4.76. The number of nitrogens with one attached hydrogen (secondary N) is 1. The van der Waals surface area contributed by atoms with Gasteiger partial charge in [-0.05, 0) is 12.3 Å². The van der Waals surface area contributed by atoms with Crippen molar-refractivity contribution >= 4 is 18.1 Å². The van der Waals surface area contributed by atoms with Crippen LogP contribution in [0.3, 0.4) is 0 Å². The predicted octanol–water partition coefficient (Wildman–Crippen LogP) is 2.52. The van der Waals surface area contributed by atoms with Crippen molar-refractivity contribution in [3.63, 3.8) is 0 Å². The molecule has 1 aromatic heterocycles. The van der Waals surface area contributed by atoms with Gasteiger partial charge in [0.15, 0.2) is 5.82 Å². The van der Waals surface area contributed by atoms with Crippen LogP contribution in [0.5, 0.6) is 0 Å². The van der Waals surface area contributed by atoms with Crippen molar-refractivity contribution in [2.45, 2.75) is 20.3 Å². The number of rotatable bonds is 7. The first-order valence-corrected chi connectivity index (χ1v) is 9.74. The van der Waals surface area contributed by atoms with Crippen molar-refractivity contribution < 1.29 is 9.59 Å². The molecule has 1 fully saturated rings. The molecular formula is C21H27N5O2. The van der Waals surface area contributed by atoms with E-state index in [1.54, 1.807) is 15.9 Å². The molecule has 0 spiro atoms. The van der Waals surface area contributed by atoms with Gasteiger partial charge in [-0.3, -0.25) is 9.59 Å². The number of carbonyl (C=O) groups excluding carboxylic acids is 2. The van der Waals surface area contributed by atoms with Crippen LogP contribution < -0.4 is 5.32 Å². The van der Waals surface area contributed by atoms with E-state index in [-0.39, 0.29) is 5.91 Å². The third kappa shape index (κ3) is 5.06. The molecule has 2 amide bonds. The first-order valence-electron chi connectivity index (χ1n) is 9.74. The van der Waals surface area contributed by atoms with E-state index in [0.717, 1.165) is 24.9 Å². The number of hydrogen-bond donors (Lipinski definition) is 1. The highest BCUT2D eigenvalue weighted by atomic mass is 16.2. The highest BCUT2D eigenvalue weighted by molar-refractivity contribution is 5.93. The summed E-state index contributed by atoms with van der Waals surface area (Å²) in [5.74, 6) is 1.64. The fourth-order valence-corrected chi connectivity index (χ4v) is 3.05. The molecule has 148 valence electrons. The van der Waals surface area contributed by atoms with E-state index in [2.05, 4.69) is 29.1 Å². The van der Waals surface area contributed by atoms with Crippen LogP contribution in [0, 0.1) is 5.92 Å². The van der Waals surface area contributed by atoms with Crippen LogP contribution in [-0.4, -0.2) is 64.8 Å². The van der Waals surface area contributed by atoms with Gasteiger partial charge in [0.05, 0.1) is 0 Å². The van der Waals surface area contributed by atoms with Crippen LogP contribution >= 0.6 is 0 Å². The minimum atomic E-state index is -0.128. The zero-order valence-electron chi connectivity index (χ0n) is 16.5. The summed E-state index contributed by atoms with van der Waals surface area (Å²) in [6.45, 7) is 7.25. The zero-order valence-corrected chi connectivity index (χ0v) is 16.5. The van der Waals surface area contributed by atoms with Crippen LogP contribution in [0.15, 0.2) is 36.4 Å². The lowest BCUT2D eigenvalue weighted by Gasteiger charge is -2.32. The Balaban J connectivity index is 1.84. The van der Waals surface area contributed by atoms with Crippen molar-refractivity contribution in [3.05, 3.63) is 42.1 Å². The third-order valence-corrected chi connectivity index (χ3v) is 4.76. The Morgan fingerprint density at radius 1 is 1.14 bits per heavy atom. The van der Waals surface area contributed by atoms with Gasteiger partial charge in [0.1, 0.15) is 11.5 Å². The molecule has 1 saturated heterocycles. The number of amides is 2. The van der Waals surface area contributed by atoms with Crippen LogP contribution in [-0.2, 0) is 4.79 Å². The molecule has 0 radical (unpaired) electrons. The van der Waals surface area contributed by atoms with E-state index in [9.17, 15) is 9.59 Å². The second-order valence-electron chi connectivity index (χ2n) is 7.37. The molecule has 0 bridgehead atoms. The highest BCUT2D eigenvalue weighted by Crippen LogP contribution is 2.19. The molecule has 1 N–H and O–H groups in total. The van der Waals surface area contributed by atoms with Gasteiger partial charge >= 0.3 is 0 Å². The van der Waals surface area contributed by atoms with E-state index in [0.29, 0.717) is 49.4 Å². The number of anilines is 1. The summed E-state index contributed by atoms with van der Waals surface area (Å²) in [6, 6.07) is 11.4. The van der Waals surface area contributed by atoms with Gasteiger partial charge in [0.2, 0.25) is 6.41 Å². The summed E-state index contributed by atoms with van der Waals surface area (Å²) >= 11 is 0. The Bertz CT molecular complexity index is 802. The SMILES string of the molecule is CC(C)CCNc1cc(C(=O)N2CCN(C=O)CC2)nc(-c2ccccc2)n1. The molecule has 28 heavy (non-hydrogen) atoms. The van der Waals surface area contributed by atoms with Gasteiger partial charge in [0, 0.05) is 44.4 Å². The summed E-state index contributed by atoms with van der Waals surface area (Å²) in [5.41, 5.74) is 1.25. The van der Waals surface area contributed by atoms with Crippen molar-refractivity contribution in [1.82, 2.24) is 19.8 Å². The van der Waals surface area contributed by atoms with Crippen molar-refractivity contribution in [3.8, 4) is 11.4 Å². The molecule has 1 aromatic carbocycles. The van der Waals surface area contributed by atoms with E-state index < -0.39 is 0 Å². The van der Waals surface area contributed by atoms with E-state index in [1.807, 2.05) is 30.3 Å². The molecule has 0 atom stereocenters. The van der Waals surface area contributed by atoms with Gasteiger partial charge in [-0.15, -0.1) is 0 Å². The fourth-order valence-electron chi connectivity index (χ4n) is 3.05. The highest BCUT2D eigenvalue weighted by Gasteiger charge is 2.23. The minimum absolute atomic E-state index is 0.128. The van der Waals surface area contributed by atoms with E-state index in [4.69, 9.17) is 0 Å². The second kappa shape index (κ2) is 9.30. The molecule has 1 aliphatic rings. The molecule has 0 unspecified atom stereocenters. The monoisotopic (exact) mass is 381 g/mol.